The van der Waals surface area contributed by atoms with Crippen LogP contribution in [0.5, 0.6) is 0 Å². The average molecular weight is 285 g/mol. The highest BCUT2D eigenvalue weighted by Crippen LogP contribution is 2.20. The molecule has 5 nitrogen and oxygen atoms in total. The van der Waals surface area contributed by atoms with Crippen molar-refractivity contribution >= 4 is 29.1 Å². The Morgan fingerprint density at radius 2 is 2.00 bits per heavy atom. The molecule has 3 N–H and O–H groups in total. The summed E-state index contributed by atoms with van der Waals surface area (Å²) >= 11 is 5.88. The summed E-state index contributed by atoms with van der Waals surface area (Å²) < 4.78 is 0. The van der Waals surface area contributed by atoms with E-state index < -0.39 is 11.8 Å². The third-order valence-electron chi connectivity index (χ3n) is 2.63. The lowest BCUT2D eigenvalue weighted by Gasteiger charge is -2.15. The van der Waals surface area contributed by atoms with Crippen LogP contribution in [0.4, 0.5) is 5.69 Å². The Morgan fingerprint density at radius 3 is 2.58 bits per heavy atom. The van der Waals surface area contributed by atoms with Crippen LogP contribution in [0.1, 0.15) is 19.8 Å². The minimum atomic E-state index is -0.774. The summed E-state index contributed by atoms with van der Waals surface area (Å²) in [5.74, 6) is -1.51. The molecule has 0 saturated heterocycles. The predicted molar refractivity (Wildman–Crippen MR) is 74.0 cm³/mol. The number of hydrogen-bond donors (Lipinski definition) is 3. The molecular weight excluding hydrogens is 268 g/mol. The Hall–Kier alpha value is -1.59. The molecule has 1 aromatic carbocycles. The number of carbonyl (C=O) groups excluding carboxylic acids is 2. The van der Waals surface area contributed by atoms with Gasteiger partial charge in [-0.15, -0.1) is 0 Å². The summed E-state index contributed by atoms with van der Waals surface area (Å²) in [4.78, 5) is 23.3. The molecule has 0 aliphatic heterocycles. The van der Waals surface area contributed by atoms with Crippen LogP contribution in [-0.2, 0) is 9.59 Å². The Morgan fingerprint density at radius 1 is 1.32 bits per heavy atom. The van der Waals surface area contributed by atoms with Crippen molar-refractivity contribution in [1.29, 1.82) is 0 Å². The zero-order valence-electron chi connectivity index (χ0n) is 10.6. The molecule has 6 heteroatoms. The third kappa shape index (κ3) is 4.89. The number of para-hydroxylation sites is 1. The zero-order valence-corrected chi connectivity index (χ0v) is 11.4. The number of rotatable bonds is 5. The summed E-state index contributed by atoms with van der Waals surface area (Å²) in [6, 6.07) is 6.45. The number of amides is 2. The van der Waals surface area contributed by atoms with Gasteiger partial charge in [-0.2, -0.15) is 0 Å². The summed E-state index contributed by atoms with van der Waals surface area (Å²) in [7, 11) is 0. The van der Waals surface area contributed by atoms with Crippen molar-refractivity contribution in [2.24, 2.45) is 0 Å². The number of halogens is 1. The molecule has 19 heavy (non-hydrogen) atoms. The third-order valence-corrected chi connectivity index (χ3v) is 2.96. The molecule has 104 valence electrons. The fourth-order valence-corrected chi connectivity index (χ4v) is 1.71. The van der Waals surface area contributed by atoms with Gasteiger partial charge in [0.2, 0.25) is 0 Å². The SMILES string of the molecule is CCC(CCO)NC(=O)C(=O)Nc1ccccc1Cl. The van der Waals surface area contributed by atoms with Gasteiger partial charge in [-0.05, 0) is 25.0 Å². The van der Waals surface area contributed by atoms with Gasteiger partial charge in [0, 0.05) is 12.6 Å². The molecule has 0 fully saturated rings. The van der Waals surface area contributed by atoms with E-state index in [0.717, 1.165) is 0 Å². The second kappa shape index (κ2) is 7.76. The molecule has 1 unspecified atom stereocenters. The van der Waals surface area contributed by atoms with Crippen LogP contribution in [-0.4, -0.2) is 29.6 Å². The van der Waals surface area contributed by atoms with E-state index >= 15 is 0 Å². The first kappa shape index (κ1) is 15.5. The van der Waals surface area contributed by atoms with E-state index in [-0.39, 0.29) is 12.6 Å². The predicted octanol–water partition coefficient (Wildman–Crippen LogP) is 1.56. The highest BCUT2D eigenvalue weighted by atomic mass is 35.5. The Balaban J connectivity index is 2.58. The molecule has 0 saturated carbocycles. The van der Waals surface area contributed by atoms with Gasteiger partial charge in [0.05, 0.1) is 10.7 Å². The van der Waals surface area contributed by atoms with E-state index in [0.29, 0.717) is 23.6 Å². The van der Waals surface area contributed by atoms with Gasteiger partial charge in [-0.3, -0.25) is 9.59 Å². The average Bonchev–Trinajstić information content (AvgIpc) is 2.40. The lowest BCUT2D eigenvalue weighted by molar-refractivity contribution is -0.136. The molecule has 1 atom stereocenters. The second-order valence-electron chi connectivity index (χ2n) is 4.02. The smallest absolute Gasteiger partial charge is 0.313 e. The number of carbonyl (C=O) groups is 2. The second-order valence-corrected chi connectivity index (χ2v) is 4.43. The maximum absolute atomic E-state index is 11.7. The molecule has 0 bridgehead atoms. The normalized spacial score (nSPS) is 11.7. The number of aliphatic hydroxyl groups excluding tert-OH is 1. The molecule has 1 rings (SSSR count). The van der Waals surface area contributed by atoms with Gasteiger partial charge < -0.3 is 15.7 Å². The van der Waals surface area contributed by atoms with Crippen LogP contribution in [0.15, 0.2) is 24.3 Å². The Bertz CT molecular complexity index is 451. The van der Waals surface area contributed by atoms with Crippen molar-refractivity contribution in [1.82, 2.24) is 5.32 Å². The summed E-state index contributed by atoms with van der Waals surface area (Å²) in [6.45, 7) is 1.83. The standard InChI is InChI=1S/C13H17ClN2O3/c1-2-9(7-8-17)15-12(18)13(19)16-11-6-4-3-5-10(11)14/h3-6,9,17H,2,7-8H2,1H3,(H,15,18)(H,16,19). The van der Waals surface area contributed by atoms with Crippen LogP contribution < -0.4 is 10.6 Å². The van der Waals surface area contributed by atoms with E-state index in [4.69, 9.17) is 16.7 Å². The van der Waals surface area contributed by atoms with Gasteiger partial charge >= 0.3 is 11.8 Å². The first-order chi connectivity index (χ1) is 9.08. The van der Waals surface area contributed by atoms with Crippen molar-refractivity contribution in [2.75, 3.05) is 11.9 Å². The van der Waals surface area contributed by atoms with E-state index in [1.165, 1.54) is 0 Å². The first-order valence-electron chi connectivity index (χ1n) is 6.05. The largest absolute Gasteiger partial charge is 0.396 e. The lowest BCUT2D eigenvalue weighted by Crippen LogP contribution is -2.42. The zero-order chi connectivity index (χ0) is 14.3. The van der Waals surface area contributed by atoms with Crippen LogP contribution >= 0.6 is 11.6 Å². The molecule has 2 amide bonds. The molecule has 0 spiro atoms. The lowest BCUT2D eigenvalue weighted by atomic mass is 10.1. The minimum Gasteiger partial charge on any atom is -0.396 e. The fraction of sp³-hybridized carbons (Fsp3) is 0.385. The maximum atomic E-state index is 11.7. The van der Waals surface area contributed by atoms with E-state index in [1.807, 2.05) is 6.92 Å². The fourth-order valence-electron chi connectivity index (χ4n) is 1.53. The molecule has 0 aliphatic carbocycles. The minimum absolute atomic E-state index is 0.0368. The quantitative estimate of drug-likeness (QED) is 0.718. The van der Waals surface area contributed by atoms with Gasteiger partial charge in [0.25, 0.3) is 0 Å². The first-order valence-corrected chi connectivity index (χ1v) is 6.43. The monoisotopic (exact) mass is 284 g/mol. The van der Waals surface area contributed by atoms with E-state index in [2.05, 4.69) is 10.6 Å². The van der Waals surface area contributed by atoms with Crippen molar-refractivity contribution in [3.63, 3.8) is 0 Å². The van der Waals surface area contributed by atoms with Gasteiger partial charge in [0.15, 0.2) is 0 Å². The number of hydrogen-bond acceptors (Lipinski definition) is 3. The molecule has 0 radical (unpaired) electrons. The number of nitrogens with one attached hydrogen (secondary N) is 2. The Labute approximate surface area is 117 Å². The van der Waals surface area contributed by atoms with Crippen LogP contribution in [0, 0.1) is 0 Å². The van der Waals surface area contributed by atoms with Crippen molar-refractivity contribution in [3.8, 4) is 0 Å². The highest BCUT2D eigenvalue weighted by molar-refractivity contribution is 6.41. The van der Waals surface area contributed by atoms with Crippen LogP contribution in [0.3, 0.4) is 0 Å². The molecular formula is C13H17ClN2O3. The molecule has 0 heterocycles. The summed E-state index contributed by atoms with van der Waals surface area (Å²) in [5, 5.41) is 14.2. The maximum Gasteiger partial charge on any atom is 0.313 e. The number of benzene rings is 1. The Kier molecular flexibility index (Phi) is 6.32. The summed E-state index contributed by atoms with van der Waals surface area (Å²) in [6.07, 6.45) is 1.06. The van der Waals surface area contributed by atoms with Crippen molar-refractivity contribution in [3.05, 3.63) is 29.3 Å². The number of aliphatic hydroxyl groups is 1. The van der Waals surface area contributed by atoms with Gasteiger partial charge in [-0.1, -0.05) is 30.7 Å². The van der Waals surface area contributed by atoms with Gasteiger partial charge in [0.1, 0.15) is 0 Å². The van der Waals surface area contributed by atoms with Gasteiger partial charge in [-0.25, -0.2) is 0 Å². The van der Waals surface area contributed by atoms with Crippen molar-refractivity contribution < 1.29 is 14.7 Å². The highest BCUT2D eigenvalue weighted by Gasteiger charge is 2.18. The molecule has 0 aliphatic rings. The molecule has 1 aromatic rings. The molecule has 0 aromatic heterocycles. The number of anilines is 1. The topological polar surface area (TPSA) is 78.4 Å². The van der Waals surface area contributed by atoms with E-state index in [9.17, 15) is 9.59 Å². The van der Waals surface area contributed by atoms with Crippen molar-refractivity contribution in [2.45, 2.75) is 25.8 Å². The van der Waals surface area contributed by atoms with E-state index in [1.54, 1.807) is 24.3 Å². The van der Waals surface area contributed by atoms with Crippen LogP contribution in [0.25, 0.3) is 0 Å². The summed E-state index contributed by atoms with van der Waals surface area (Å²) in [5.41, 5.74) is 0.388. The van der Waals surface area contributed by atoms with Crippen LogP contribution in [0.2, 0.25) is 5.02 Å².